The monoisotopic (exact) mass is 637 g/mol. The van der Waals surface area contributed by atoms with Crippen LogP contribution in [0.5, 0.6) is 11.5 Å². The lowest BCUT2D eigenvalue weighted by molar-refractivity contribution is -0.157. The van der Waals surface area contributed by atoms with E-state index in [9.17, 15) is 19.2 Å². The third-order valence-corrected chi connectivity index (χ3v) is 7.36. The number of esters is 2. The number of nitrogens with zero attached hydrogens (tertiary/aromatic N) is 6. The average Bonchev–Trinajstić information content (AvgIpc) is 3.76. The number of hydrogen-bond acceptors (Lipinski definition) is 13. The molecule has 1 aromatic carbocycles. The van der Waals surface area contributed by atoms with Crippen LogP contribution in [-0.2, 0) is 35.1 Å². The summed E-state index contributed by atoms with van der Waals surface area (Å²) in [4.78, 5) is 68.3. The number of imidazole rings is 1. The quantitative estimate of drug-likeness (QED) is 0.182. The largest absolute Gasteiger partial charge is 0.465 e. The lowest BCUT2D eigenvalue weighted by atomic mass is 10.0. The fourth-order valence-corrected chi connectivity index (χ4v) is 5.16. The van der Waals surface area contributed by atoms with Crippen LogP contribution in [0, 0.1) is 0 Å². The molecule has 46 heavy (non-hydrogen) atoms. The third-order valence-electron chi connectivity index (χ3n) is 7.36. The van der Waals surface area contributed by atoms with E-state index in [1.165, 1.54) is 35.2 Å². The summed E-state index contributed by atoms with van der Waals surface area (Å²) in [6.45, 7) is 4.48. The second-order valence-electron chi connectivity index (χ2n) is 10.3. The van der Waals surface area contributed by atoms with Crippen molar-refractivity contribution in [1.29, 1.82) is 0 Å². The average molecular weight is 638 g/mol. The van der Waals surface area contributed by atoms with Gasteiger partial charge in [0.2, 0.25) is 18.6 Å². The van der Waals surface area contributed by atoms with Gasteiger partial charge in [-0.1, -0.05) is 6.07 Å². The molecule has 0 bridgehead atoms. The molecule has 244 valence electrons. The molecule has 3 aromatic rings. The maximum atomic E-state index is 13.1. The number of hydrogen-bond donors (Lipinski definition) is 1. The number of piperazine rings is 1. The molecule has 2 aliphatic rings. The second kappa shape index (κ2) is 14.6. The van der Waals surface area contributed by atoms with Crippen LogP contribution < -0.4 is 19.7 Å². The van der Waals surface area contributed by atoms with E-state index in [1.54, 1.807) is 32.2 Å². The van der Waals surface area contributed by atoms with E-state index in [4.69, 9.17) is 23.7 Å². The lowest BCUT2D eigenvalue weighted by Gasteiger charge is -2.41. The molecule has 1 atom stereocenters. The van der Waals surface area contributed by atoms with E-state index in [2.05, 4.69) is 20.3 Å². The summed E-state index contributed by atoms with van der Waals surface area (Å²) in [6.07, 6.45) is 4.04. The Hall–Kier alpha value is -5.41. The molecule has 16 heteroatoms. The fraction of sp³-hybridized carbons (Fsp3) is 0.433. The number of methoxy groups -OCH3 is 1. The molecule has 0 spiro atoms. The number of aromatic nitrogens is 4. The number of amides is 2. The zero-order valence-electron chi connectivity index (χ0n) is 25.7. The maximum absolute atomic E-state index is 13.1. The van der Waals surface area contributed by atoms with Crippen LogP contribution in [0.15, 0.2) is 43.0 Å². The van der Waals surface area contributed by atoms with Crippen molar-refractivity contribution in [2.24, 2.45) is 0 Å². The summed E-state index contributed by atoms with van der Waals surface area (Å²) in [7, 11) is 1.28. The zero-order valence-corrected chi connectivity index (χ0v) is 25.7. The van der Waals surface area contributed by atoms with Gasteiger partial charge in [-0.25, -0.2) is 14.8 Å². The smallest absolute Gasteiger partial charge is 0.409 e. The standard InChI is InChI=1S/C30H35N7O9/c1-4-43-27(39)26(28(40)44-5-2)21-14-24(34-29(33-21)36-9-8-31-17-36)35-10-11-37(30(41)42-3)20(16-35)13-25(38)32-15-19-6-7-22-23(12-19)46-18-45-22/h6-9,12,14,17,20,26H,4-5,10-11,13,15-16,18H2,1-3H3,(H,32,38). The summed E-state index contributed by atoms with van der Waals surface area (Å²) in [6, 6.07) is 6.34. The Kier molecular flexibility index (Phi) is 10.1. The number of fused-ring (bicyclic) bond motifs is 1. The van der Waals surface area contributed by atoms with E-state index in [-0.39, 0.29) is 63.6 Å². The fourth-order valence-electron chi connectivity index (χ4n) is 5.16. The lowest BCUT2D eigenvalue weighted by Crippen LogP contribution is -2.56. The number of ether oxygens (including phenoxy) is 5. The number of carbonyl (C=O) groups is 4. The van der Waals surface area contributed by atoms with E-state index < -0.39 is 30.0 Å². The highest BCUT2D eigenvalue weighted by molar-refractivity contribution is 6.00. The SMILES string of the molecule is CCOC(=O)C(C(=O)OCC)c1cc(N2CCN(C(=O)OC)C(CC(=O)NCc3ccc4c(c3)OCO4)C2)nc(-n2ccnc2)n1. The van der Waals surface area contributed by atoms with Crippen LogP contribution in [0.1, 0.15) is 37.4 Å². The Labute approximate surface area is 264 Å². The molecular weight excluding hydrogens is 602 g/mol. The number of rotatable bonds is 11. The van der Waals surface area contributed by atoms with E-state index >= 15 is 0 Å². The van der Waals surface area contributed by atoms with Gasteiger partial charge < -0.3 is 38.8 Å². The topological polar surface area (TPSA) is 177 Å². The van der Waals surface area contributed by atoms with E-state index in [0.717, 1.165) is 5.56 Å². The van der Waals surface area contributed by atoms with Gasteiger partial charge in [0.15, 0.2) is 17.4 Å². The minimum Gasteiger partial charge on any atom is -0.465 e. The Morgan fingerprint density at radius 3 is 2.48 bits per heavy atom. The highest BCUT2D eigenvalue weighted by atomic mass is 16.7. The number of nitrogens with one attached hydrogen (secondary N) is 1. The highest BCUT2D eigenvalue weighted by Gasteiger charge is 2.37. The van der Waals surface area contributed by atoms with Crippen LogP contribution in [-0.4, -0.2) is 101 Å². The maximum Gasteiger partial charge on any atom is 0.409 e. The van der Waals surface area contributed by atoms with Crippen molar-refractivity contribution < 1.29 is 42.9 Å². The molecule has 2 amide bonds. The van der Waals surface area contributed by atoms with Crippen molar-refractivity contribution in [3.8, 4) is 17.4 Å². The van der Waals surface area contributed by atoms with Crippen LogP contribution in [0.4, 0.5) is 10.6 Å². The zero-order chi connectivity index (χ0) is 32.6. The Balaban J connectivity index is 1.40. The molecular formula is C30H35N7O9. The Morgan fingerprint density at radius 2 is 1.78 bits per heavy atom. The molecule has 0 aliphatic carbocycles. The first kappa shape index (κ1) is 32.0. The van der Waals surface area contributed by atoms with Gasteiger partial charge in [0.1, 0.15) is 12.1 Å². The molecule has 5 rings (SSSR count). The van der Waals surface area contributed by atoms with Crippen molar-refractivity contribution in [2.75, 3.05) is 51.7 Å². The first-order chi connectivity index (χ1) is 22.3. The first-order valence-corrected chi connectivity index (χ1v) is 14.8. The minimum absolute atomic E-state index is 0.0310. The van der Waals surface area contributed by atoms with Crippen molar-refractivity contribution in [1.82, 2.24) is 29.7 Å². The van der Waals surface area contributed by atoms with Gasteiger partial charge in [0, 0.05) is 51.1 Å². The number of carbonyl (C=O) groups excluding carboxylic acids is 4. The minimum atomic E-state index is -1.46. The number of anilines is 1. The van der Waals surface area contributed by atoms with Gasteiger partial charge in [-0.15, -0.1) is 0 Å². The van der Waals surface area contributed by atoms with Gasteiger partial charge in [-0.05, 0) is 31.5 Å². The summed E-state index contributed by atoms with van der Waals surface area (Å²) < 4.78 is 27.7. The Bertz CT molecular complexity index is 1550. The van der Waals surface area contributed by atoms with Gasteiger partial charge in [-0.3, -0.25) is 19.0 Å². The molecule has 0 saturated carbocycles. The second-order valence-corrected chi connectivity index (χ2v) is 10.3. The first-order valence-electron chi connectivity index (χ1n) is 14.8. The van der Waals surface area contributed by atoms with Gasteiger partial charge in [-0.2, -0.15) is 4.98 Å². The third kappa shape index (κ3) is 7.27. The molecule has 1 N–H and O–H groups in total. The number of benzene rings is 1. The summed E-state index contributed by atoms with van der Waals surface area (Å²) in [5.41, 5.74) is 0.894. The van der Waals surface area contributed by atoms with E-state index in [1.807, 2.05) is 11.0 Å². The molecule has 4 heterocycles. The Morgan fingerprint density at radius 1 is 1.02 bits per heavy atom. The summed E-state index contributed by atoms with van der Waals surface area (Å²) in [5, 5.41) is 2.90. The highest BCUT2D eigenvalue weighted by Crippen LogP contribution is 2.32. The summed E-state index contributed by atoms with van der Waals surface area (Å²) >= 11 is 0. The molecule has 1 unspecified atom stereocenters. The van der Waals surface area contributed by atoms with Crippen molar-refractivity contribution in [3.05, 3.63) is 54.2 Å². The molecule has 0 radical (unpaired) electrons. The predicted molar refractivity (Wildman–Crippen MR) is 159 cm³/mol. The van der Waals surface area contributed by atoms with Crippen LogP contribution in [0.25, 0.3) is 5.95 Å². The predicted octanol–water partition coefficient (Wildman–Crippen LogP) is 1.56. The molecule has 2 aliphatic heterocycles. The van der Waals surface area contributed by atoms with Crippen LogP contribution in [0.2, 0.25) is 0 Å². The van der Waals surface area contributed by atoms with Gasteiger partial charge in [0.25, 0.3) is 0 Å². The molecule has 1 fully saturated rings. The van der Waals surface area contributed by atoms with Crippen molar-refractivity contribution in [2.45, 2.75) is 38.8 Å². The normalized spacial score (nSPS) is 15.4. The molecule has 2 aromatic heterocycles. The molecule has 1 saturated heterocycles. The van der Waals surface area contributed by atoms with Crippen LogP contribution in [0.3, 0.4) is 0 Å². The van der Waals surface area contributed by atoms with E-state index in [0.29, 0.717) is 23.9 Å². The molecule has 16 nitrogen and oxygen atoms in total. The van der Waals surface area contributed by atoms with Gasteiger partial charge >= 0.3 is 18.0 Å². The van der Waals surface area contributed by atoms with Crippen molar-refractivity contribution >= 4 is 29.8 Å². The van der Waals surface area contributed by atoms with Crippen LogP contribution >= 0.6 is 0 Å². The summed E-state index contributed by atoms with van der Waals surface area (Å²) in [5.74, 6) is -1.60. The van der Waals surface area contributed by atoms with Crippen molar-refractivity contribution in [3.63, 3.8) is 0 Å². The van der Waals surface area contributed by atoms with Gasteiger partial charge in [0.05, 0.1) is 32.1 Å².